The predicted molar refractivity (Wildman–Crippen MR) is 82.2 cm³/mol. The minimum absolute atomic E-state index is 0.0202. The molecule has 0 aliphatic heterocycles. The van der Waals surface area contributed by atoms with Crippen molar-refractivity contribution in [1.82, 2.24) is 15.2 Å². The highest BCUT2D eigenvalue weighted by Gasteiger charge is 2.42. The van der Waals surface area contributed by atoms with Gasteiger partial charge < -0.3 is 5.11 Å². The van der Waals surface area contributed by atoms with Crippen molar-refractivity contribution in [3.8, 4) is 0 Å². The number of anilines is 1. The molecule has 0 spiro atoms. The van der Waals surface area contributed by atoms with Crippen molar-refractivity contribution in [2.24, 2.45) is 5.92 Å². The molecule has 2 aromatic rings. The average molecular weight is 318 g/mol. The Morgan fingerprint density at radius 1 is 1.52 bits per heavy atom. The second-order valence-corrected chi connectivity index (χ2v) is 6.14. The lowest BCUT2D eigenvalue weighted by Crippen LogP contribution is -2.49. The zero-order valence-corrected chi connectivity index (χ0v) is 12.8. The second-order valence-electron chi connectivity index (χ2n) is 6.14. The zero-order valence-electron chi connectivity index (χ0n) is 12.8. The van der Waals surface area contributed by atoms with Crippen LogP contribution in [0.15, 0.2) is 24.3 Å². The van der Waals surface area contributed by atoms with Gasteiger partial charge in [-0.25, -0.2) is 4.39 Å². The van der Waals surface area contributed by atoms with Crippen LogP contribution in [0, 0.1) is 11.7 Å². The monoisotopic (exact) mass is 318 g/mol. The number of nitrogens with zero attached hydrogens (tertiary/aromatic N) is 2. The van der Waals surface area contributed by atoms with E-state index in [2.05, 4.69) is 20.5 Å². The Morgan fingerprint density at radius 2 is 2.30 bits per heavy atom. The molecule has 1 aromatic carbocycles. The number of carbonyl (C=O) groups is 1. The molecule has 1 saturated carbocycles. The topological polar surface area (TPSA) is 90.9 Å². The number of aromatic nitrogens is 3. The van der Waals surface area contributed by atoms with Crippen LogP contribution in [0.4, 0.5) is 10.3 Å². The summed E-state index contributed by atoms with van der Waals surface area (Å²) in [6.45, 7) is 1.52. The van der Waals surface area contributed by atoms with Crippen LogP contribution in [0.5, 0.6) is 0 Å². The van der Waals surface area contributed by atoms with Gasteiger partial charge in [-0.15, -0.1) is 5.10 Å². The van der Waals surface area contributed by atoms with Gasteiger partial charge in [-0.05, 0) is 43.4 Å². The number of carbonyl (C=O) groups excluding carboxylic acids is 1. The summed E-state index contributed by atoms with van der Waals surface area (Å²) in [5.74, 6) is -0.214. The quantitative estimate of drug-likeness (QED) is 0.786. The molecule has 0 saturated heterocycles. The molecule has 1 unspecified atom stereocenters. The third kappa shape index (κ3) is 3.39. The van der Waals surface area contributed by atoms with Crippen molar-refractivity contribution in [1.29, 1.82) is 0 Å². The largest absolute Gasteiger partial charge is 0.380 e. The lowest BCUT2D eigenvalue weighted by Gasteiger charge is -2.37. The molecule has 1 heterocycles. The lowest BCUT2D eigenvalue weighted by atomic mass is 9.73. The number of aliphatic hydroxyl groups is 1. The SMILES string of the molecule is CC(O)(C(=O)Nc1n[nH]c(Cc2cccc(F)c2)n1)C1CCC1. The first-order valence-corrected chi connectivity index (χ1v) is 7.64. The normalized spacial score (nSPS) is 17.3. The number of halogens is 1. The molecule has 23 heavy (non-hydrogen) atoms. The summed E-state index contributed by atoms with van der Waals surface area (Å²) < 4.78 is 13.2. The summed E-state index contributed by atoms with van der Waals surface area (Å²) in [5.41, 5.74) is -0.665. The van der Waals surface area contributed by atoms with E-state index in [4.69, 9.17) is 0 Å². The number of H-pyrrole nitrogens is 1. The fraction of sp³-hybridized carbons (Fsp3) is 0.438. The second kappa shape index (κ2) is 6.08. The van der Waals surface area contributed by atoms with Crippen LogP contribution in [0.2, 0.25) is 0 Å². The molecule has 3 rings (SSSR count). The van der Waals surface area contributed by atoms with Gasteiger partial charge in [0.25, 0.3) is 5.91 Å². The van der Waals surface area contributed by atoms with Crippen molar-refractivity contribution in [3.05, 3.63) is 41.5 Å². The van der Waals surface area contributed by atoms with Gasteiger partial charge in [0.2, 0.25) is 5.95 Å². The molecule has 1 fully saturated rings. The van der Waals surface area contributed by atoms with E-state index in [1.165, 1.54) is 19.1 Å². The van der Waals surface area contributed by atoms with Crippen molar-refractivity contribution in [2.75, 3.05) is 5.32 Å². The number of benzene rings is 1. The highest BCUT2D eigenvalue weighted by atomic mass is 19.1. The smallest absolute Gasteiger partial charge is 0.258 e. The van der Waals surface area contributed by atoms with Gasteiger partial charge in [-0.1, -0.05) is 18.6 Å². The Labute approximate surface area is 133 Å². The fourth-order valence-corrected chi connectivity index (χ4v) is 2.65. The Hall–Kier alpha value is -2.28. The van der Waals surface area contributed by atoms with Crippen molar-refractivity contribution >= 4 is 11.9 Å². The minimum atomic E-state index is -1.42. The van der Waals surface area contributed by atoms with Crippen LogP contribution < -0.4 is 5.32 Å². The molecule has 1 aliphatic rings. The van der Waals surface area contributed by atoms with Gasteiger partial charge in [-0.3, -0.25) is 15.2 Å². The van der Waals surface area contributed by atoms with E-state index in [0.29, 0.717) is 12.2 Å². The van der Waals surface area contributed by atoms with Crippen molar-refractivity contribution in [2.45, 2.75) is 38.2 Å². The summed E-state index contributed by atoms with van der Waals surface area (Å²) in [7, 11) is 0. The van der Waals surface area contributed by atoms with Gasteiger partial charge in [-0.2, -0.15) is 4.98 Å². The predicted octanol–water partition coefficient (Wildman–Crippen LogP) is 2.02. The Balaban J connectivity index is 1.64. The molecular weight excluding hydrogens is 299 g/mol. The van der Waals surface area contributed by atoms with Crippen LogP contribution >= 0.6 is 0 Å². The van der Waals surface area contributed by atoms with E-state index in [1.54, 1.807) is 12.1 Å². The molecule has 0 bridgehead atoms. The Morgan fingerprint density at radius 3 is 2.96 bits per heavy atom. The average Bonchev–Trinajstić information content (AvgIpc) is 2.83. The molecule has 7 heteroatoms. The first-order chi connectivity index (χ1) is 10.9. The van der Waals surface area contributed by atoms with E-state index in [1.807, 2.05) is 0 Å². The molecule has 3 N–H and O–H groups in total. The third-order valence-corrected chi connectivity index (χ3v) is 4.38. The van der Waals surface area contributed by atoms with Crippen molar-refractivity contribution < 1.29 is 14.3 Å². The third-order valence-electron chi connectivity index (χ3n) is 4.38. The van der Waals surface area contributed by atoms with E-state index in [0.717, 1.165) is 24.8 Å². The molecule has 122 valence electrons. The summed E-state index contributed by atoms with van der Waals surface area (Å²) in [4.78, 5) is 16.3. The maximum absolute atomic E-state index is 13.2. The minimum Gasteiger partial charge on any atom is -0.380 e. The number of rotatable bonds is 5. The van der Waals surface area contributed by atoms with E-state index < -0.39 is 11.5 Å². The molecule has 1 amide bonds. The van der Waals surface area contributed by atoms with Crippen LogP contribution in [0.1, 0.15) is 37.6 Å². The van der Waals surface area contributed by atoms with Crippen LogP contribution in [0.3, 0.4) is 0 Å². The fourth-order valence-electron chi connectivity index (χ4n) is 2.65. The van der Waals surface area contributed by atoms with Crippen LogP contribution in [0.25, 0.3) is 0 Å². The maximum Gasteiger partial charge on any atom is 0.258 e. The molecule has 6 nitrogen and oxygen atoms in total. The first-order valence-electron chi connectivity index (χ1n) is 7.64. The zero-order chi connectivity index (χ0) is 16.4. The number of hydrogen-bond acceptors (Lipinski definition) is 4. The summed E-state index contributed by atoms with van der Waals surface area (Å²) in [6.07, 6.45) is 3.10. The Bertz CT molecular complexity index is 710. The lowest BCUT2D eigenvalue weighted by molar-refractivity contribution is -0.141. The van der Waals surface area contributed by atoms with E-state index in [9.17, 15) is 14.3 Å². The van der Waals surface area contributed by atoms with Gasteiger partial charge in [0, 0.05) is 6.42 Å². The van der Waals surface area contributed by atoms with E-state index in [-0.39, 0.29) is 17.7 Å². The highest BCUT2D eigenvalue weighted by Crippen LogP contribution is 2.36. The molecule has 1 aromatic heterocycles. The van der Waals surface area contributed by atoms with Gasteiger partial charge in [0.1, 0.15) is 17.2 Å². The Kier molecular flexibility index (Phi) is 4.12. The summed E-state index contributed by atoms with van der Waals surface area (Å²) in [6, 6.07) is 6.20. The summed E-state index contributed by atoms with van der Waals surface area (Å²) >= 11 is 0. The van der Waals surface area contributed by atoms with Crippen molar-refractivity contribution in [3.63, 3.8) is 0 Å². The number of aromatic amines is 1. The van der Waals surface area contributed by atoms with Gasteiger partial charge in [0.05, 0.1) is 0 Å². The van der Waals surface area contributed by atoms with Crippen LogP contribution in [-0.4, -0.2) is 31.8 Å². The highest BCUT2D eigenvalue weighted by molar-refractivity contribution is 5.95. The maximum atomic E-state index is 13.2. The first kappa shape index (κ1) is 15.6. The molecule has 1 atom stereocenters. The van der Waals surface area contributed by atoms with Gasteiger partial charge in [0.15, 0.2) is 0 Å². The number of hydrogen-bond donors (Lipinski definition) is 3. The van der Waals surface area contributed by atoms with Crippen LogP contribution in [-0.2, 0) is 11.2 Å². The van der Waals surface area contributed by atoms with Gasteiger partial charge >= 0.3 is 0 Å². The standard InChI is InChI=1S/C16H19FN4O2/c1-16(23,11-5-3-6-11)14(22)19-15-18-13(20-21-15)9-10-4-2-7-12(17)8-10/h2,4,7-8,11,23H,3,5-6,9H2,1H3,(H2,18,19,20,21,22). The number of amides is 1. The molecule has 0 radical (unpaired) electrons. The van der Waals surface area contributed by atoms with E-state index >= 15 is 0 Å². The molecule has 1 aliphatic carbocycles. The summed E-state index contributed by atoms with van der Waals surface area (Å²) in [5, 5.41) is 19.5. The molecular formula is C16H19FN4O2. The number of nitrogens with one attached hydrogen (secondary N) is 2.